The largest absolute Gasteiger partial charge is 0.315 e. The minimum absolute atomic E-state index is 0.0308. The fraction of sp³-hybridized carbons (Fsp3) is 0.857. The van der Waals surface area contributed by atoms with Crippen molar-refractivity contribution in [2.75, 3.05) is 20.0 Å². The van der Waals surface area contributed by atoms with Crippen molar-refractivity contribution in [3.05, 3.63) is 0 Å². The molecule has 0 aromatic heterocycles. The molecule has 64 valence electrons. The maximum absolute atomic E-state index is 12.0. The van der Waals surface area contributed by atoms with Crippen LogP contribution >= 0.6 is 0 Å². The Labute approximate surface area is 64.2 Å². The molecule has 1 fully saturated rings. The van der Waals surface area contributed by atoms with Crippen molar-refractivity contribution in [2.45, 2.75) is 12.8 Å². The number of halogens is 2. The smallest absolute Gasteiger partial charge is 0.224 e. The standard InChI is InChI=1S/C7H11F2NO/c8-2-1-6-3-7(11)10(4-6)5-9/h6H,1-5H2. The molecule has 1 rings (SSSR count). The third kappa shape index (κ3) is 1.88. The van der Waals surface area contributed by atoms with E-state index in [4.69, 9.17) is 0 Å². The topological polar surface area (TPSA) is 20.3 Å². The van der Waals surface area contributed by atoms with Crippen LogP contribution in [0.5, 0.6) is 0 Å². The summed E-state index contributed by atoms with van der Waals surface area (Å²) in [6, 6.07) is 0. The first kappa shape index (κ1) is 8.43. The molecule has 0 bridgehead atoms. The summed E-state index contributed by atoms with van der Waals surface area (Å²) in [5.41, 5.74) is 0. The van der Waals surface area contributed by atoms with Crippen molar-refractivity contribution in [1.82, 2.24) is 4.90 Å². The van der Waals surface area contributed by atoms with Gasteiger partial charge in [-0.25, -0.2) is 4.39 Å². The van der Waals surface area contributed by atoms with Crippen LogP contribution in [0.4, 0.5) is 8.78 Å². The van der Waals surface area contributed by atoms with Crippen LogP contribution in [-0.4, -0.2) is 30.8 Å². The van der Waals surface area contributed by atoms with Gasteiger partial charge in [-0.3, -0.25) is 9.18 Å². The van der Waals surface area contributed by atoms with Crippen LogP contribution in [0.2, 0.25) is 0 Å². The Morgan fingerprint density at radius 1 is 1.55 bits per heavy atom. The van der Waals surface area contributed by atoms with Crippen molar-refractivity contribution in [2.24, 2.45) is 5.92 Å². The number of hydrogen-bond donors (Lipinski definition) is 0. The van der Waals surface area contributed by atoms with Crippen molar-refractivity contribution in [1.29, 1.82) is 0 Å². The van der Waals surface area contributed by atoms with Crippen LogP contribution in [-0.2, 0) is 4.79 Å². The number of carbonyl (C=O) groups is 1. The van der Waals surface area contributed by atoms with Crippen LogP contribution in [0.1, 0.15) is 12.8 Å². The van der Waals surface area contributed by atoms with Crippen molar-refractivity contribution in [3.8, 4) is 0 Å². The second-order valence-electron chi connectivity index (χ2n) is 2.78. The third-order valence-electron chi connectivity index (χ3n) is 1.96. The van der Waals surface area contributed by atoms with E-state index in [0.29, 0.717) is 19.4 Å². The normalized spacial score (nSPS) is 24.7. The summed E-state index contributed by atoms with van der Waals surface area (Å²) >= 11 is 0. The van der Waals surface area contributed by atoms with Crippen molar-refractivity contribution < 1.29 is 13.6 Å². The molecule has 0 radical (unpaired) electrons. The molecule has 2 nitrogen and oxygen atoms in total. The van der Waals surface area contributed by atoms with E-state index < -0.39 is 13.5 Å². The summed E-state index contributed by atoms with van der Waals surface area (Å²) in [5, 5.41) is 0. The number of hydrogen-bond acceptors (Lipinski definition) is 1. The molecular weight excluding hydrogens is 152 g/mol. The molecule has 0 aromatic rings. The SMILES string of the molecule is O=C1CC(CCF)CN1CF. The fourth-order valence-corrected chi connectivity index (χ4v) is 1.32. The predicted molar refractivity (Wildman–Crippen MR) is 36.4 cm³/mol. The molecule has 1 unspecified atom stereocenters. The summed E-state index contributed by atoms with van der Waals surface area (Å²) < 4.78 is 23.8. The van der Waals surface area contributed by atoms with Gasteiger partial charge in [0.2, 0.25) is 5.91 Å². The zero-order valence-electron chi connectivity index (χ0n) is 6.22. The second-order valence-corrected chi connectivity index (χ2v) is 2.78. The van der Waals surface area contributed by atoms with E-state index in [-0.39, 0.29) is 11.8 Å². The Morgan fingerprint density at radius 3 is 2.73 bits per heavy atom. The lowest BCUT2D eigenvalue weighted by molar-refractivity contribution is -0.129. The van der Waals surface area contributed by atoms with E-state index in [1.54, 1.807) is 0 Å². The zero-order valence-corrected chi connectivity index (χ0v) is 6.22. The van der Waals surface area contributed by atoms with Crippen LogP contribution in [0, 0.1) is 5.92 Å². The van der Waals surface area contributed by atoms with Gasteiger partial charge in [-0.2, -0.15) is 0 Å². The lowest BCUT2D eigenvalue weighted by Gasteiger charge is -2.09. The van der Waals surface area contributed by atoms with E-state index in [1.807, 2.05) is 0 Å². The van der Waals surface area contributed by atoms with Gasteiger partial charge in [0.15, 0.2) is 6.80 Å². The minimum Gasteiger partial charge on any atom is -0.315 e. The van der Waals surface area contributed by atoms with Crippen LogP contribution < -0.4 is 0 Å². The summed E-state index contributed by atoms with van der Waals surface area (Å²) in [6.07, 6.45) is 0.691. The molecule has 0 N–H and O–H groups in total. The van der Waals surface area contributed by atoms with Gasteiger partial charge >= 0.3 is 0 Å². The highest BCUT2D eigenvalue weighted by Crippen LogP contribution is 2.20. The molecule has 0 aromatic carbocycles. The van der Waals surface area contributed by atoms with Gasteiger partial charge in [-0.1, -0.05) is 0 Å². The van der Waals surface area contributed by atoms with Crippen molar-refractivity contribution in [3.63, 3.8) is 0 Å². The van der Waals surface area contributed by atoms with E-state index in [2.05, 4.69) is 0 Å². The Balaban J connectivity index is 2.36. The lowest BCUT2D eigenvalue weighted by atomic mass is 10.1. The van der Waals surface area contributed by atoms with Gasteiger partial charge in [-0.05, 0) is 12.3 Å². The first-order chi connectivity index (χ1) is 5.27. The average Bonchev–Trinajstić information content (AvgIpc) is 2.32. The highest BCUT2D eigenvalue weighted by molar-refractivity contribution is 5.78. The van der Waals surface area contributed by atoms with Gasteiger partial charge in [0.1, 0.15) is 0 Å². The number of alkyl halides is 2. The second kappa shape index (κ2) is 3.64. The highest BCUT2D eigenvalue weighted by Gasteiger charge is 2.28. The summed E-state index contributed by atoms with van der Waals surface area (Å²) in [5.74, 6) is -0.158. The van der Waals surface area contributed by atoms with Gasteiger partial charge in [0.25, 0.3) is 0 Å². The molecule has 0 aliphatic carbocycles. The molecule has 0 saturated carbocycles. The van der Waals surface area contributed by atoms with Crippen molar-refractivity contribution >= 4 is 5.91 Å². The Kier molecular flexibility index (Phi) is 2.79. The Morgan fingerprint density at radius 2 is 2.27 bits per heavy atom. The first-order valence-corrected chi connectivity index (χ1v) is 3.67. The van der Waals surface area contributed by atoms with Gasteiger partial charge in [0.05, 0.1) is 6.67 Å². The van der Waals surface area contributed by atoms with Crippen LogP contribution in [0.3, 0.4) is 0 Å². The Hall–Kier alpha value is -0.670. The maximum Gasteiger partial charge on any atom is 0.224 e. The molecule has 0 spiro atoms. The number of rotatable bonds is 3. The van der Waals surface area contributed by atoms with E-state index >= 15 is 0 Å². The molecule has 1 amide bonds. The molecule has 1 atom stereocenters. The summed E-state index contributed by atoms with van der Waals surface area (Å²) in [4.78, 5) is 12.0. The number of amides is 1. The molecular formula is C7H11F2NO. The lowest BCUT2D eigenvalue weighted by Crippen LogP contribution is -2.23. The Bertz CT molecular complexity index is 151. The zero-order chi connectivity index (χ0) is 8.27. The average molecular weight is 163 g/mol. The first-order valence-electron chi connectivity index (χ1n) is 3.67. The summed E-state index contributed by atoms with van der Waals surface area (Å²) in [6.45, 7) is -0.765. The number of likely N-dealkylation sites (tertiary alicyclic amines) is 1. The molecule has 4 heteroatoms. The van der Waals surface area contributed by atoms with E-state index in [1.165, 1.54) is 0 Å². The van der Waals surface area contributed by atoms with Crippen LogP contribution in [0.15, 0.2) is 0 Å². The molecule has 1 aliphatic rings. The maximum atomic E-state index is 12.0. The van der Waals surface area contributed by atoms with Gasteiger partial charge < -0.3 is 4.90 Å². The number of nitrogens with zero attached hydrogens (tertiary/aromatic N) is 1. The molecule has 1 saturated heterocycles. The molecule has 1 heterocycles. The quantitative estimate of drug-likeness (QED) is 0.571. The highest BCUT2D eigenvalue weighted by atomic mass is 19.1. The fourth-order valence-electron chi connectivity index (χ4n) is 1.32. The molecule has 1 aliphatic heterocycles. The van der Waals surface area contributed by atoms with Gasteiger partial charge in [0, 0.05) is 13.0 Å². The van der Waals surface area contributed by atoms with E-state index in [9.17, 15) is 13.6 Å². The van der Waals surface area contributed by atoms with E-state index in [0.717, 1.165) is 4.90 Å². The predicted octanol–water partition coefficient (Wildman–Crippen LogP) is 1.12. The molecule has 11 heavy (non-hydrogen) atoms. The van der Waals surface area contributed by atoms with Gasteiger partial charge in [-0.15, -0.1) is 0 Å². The van der Waals surface area contributed by atoms with Crippen LogP contribution in [0.25, 0.3) is 0 Å². The minimum atomic E-state index is -0.735. The monoisotopic (exact) mass is 163 g/mol. The summed E-state index contributed by atoms with van der Waals surface area (Å²) in [7, 11) is 0. The number of carbonyl (C=O) groups excluding carboxylic acids is 1. The third-order valence-corrected chi connectivity index (χ3v) is 1.96.